The van der Waals surface area contributed by atoms with Crippen molar-refractivity contribution in [2.75, 3.05) is 11.4 Å². The molecule has 2 amide bonds. The third-order valence-electron chi connectivity index (χ3n) is 6.14. The van der Waals surface area contributed by atoms with Crippen molar-refractivity contribution >= 4 is 17.9 Å². The molecule has 0 saturated carbocycles. The Balaban J connectivity index is 1.89. The maximum Gasteiger partial charge on any atom is 0.416 e. The van der Waals surface area contributed by atoms with Gasteiger partial charge < -0.3 is 9.47 Å². The second-order valence-electron chi connectivity index (χ2n) is 10.4. The van der Waals surface area contributed by atoms with Gasteiger partial charge in [-0.3, -0.25) is 9.80 Å². The molecule has 30 heavy (non-hydrogen) atoms. The van der Waals surface area contributed by atoms with Gasteiger partial charge in [-0.1, -0.05) is 30.4 Å². The lowest BCUT2D eigenvalue weighted by Gasteiger charge is -2.50. The summed E-state index contributed by atoms with van der Waals surface area (Å²) in [5.74, 6) is 0. The van der Waals surface area contributed by atoms with Crippen LogP contribution in [-0.4, -0.2) is 40.5 Å². The molecule has 2 aliphatic heterocycles. The minimum Gasteiger partial charge on any atom is -0.444 e. The Kier molecular flexibility index (Phi) is 4.50. The average Bonchev–Trinajstić information content (AvgIpc) is 3.07. The van der Waals surface area contributed by atoms with Gasteiger partial charge in [-0.25, -0.2) is 9.59 Å². The van der Waals surface area contributed by atoms with Crippen LogP contribution in [0.25, 0.3) is 0 Å². The van der Waals surface area contributed by atoms with Gasteiger partial charge in [-0.15, -0.1) is 0 Å². The quantitative estimate of drug-likeness (QED) is 0.538. The van der Waals surface area contributed by atoms with Crippen molar-refractivity contribution in [2.24, 2.45) is 0 Å². The first-order valence-electron chi connectivity index (χ1n) is 10.7. The molecule has 0 aromatic heterocycles. The van der Waals surface area contributed by atoms with Crippen molar-refractivity contribution in [3.05, 3.63) is 42.0 Å². The highest BCUT2D eigenvalue weighted by Crippen LogP contribution is 2.63. The Morgan fingerprint density at radius 2 is 1.57 bits per heavy atom. The maximum absolute atomic E-state index is 13.6. The highest BCUT2D eigenvalue weighted by atomic mass is 16.6. The first kappa shape index (κ1) is 20.8. The molecule has 0 unspecified atom stereocenters. The summed E-state index contributed by atoms with van der Waals surface area (Å²) in [5, 5.41) is 0. The maximum atomic E-state index is 13.6. The number of nitrogens with zero attached hydrogens (tertiary/aromatic N) is 2. The van der Waals surface area contributed by atoms with E-state index in [1.54, 1.807) is 9.80 Å². The minimum atomic E-state index is -0.865. The summed E-state index contributed by atoms with van der Waals surface area (Å²) in [4.78, 5) is 30.4. The number of hydrogen-bond donors (Lipinski definition) is 0. The summed E-state index contributed by atoms with van der Waals surface area (Å²) in [6, 6.07) is 7.95. The highest BCUT2D eigenvalue weighted by Gasteiger charge is 2.71. The van der Waals surface area contributed by atoms with Gasteiger partial charge in [0.2, 0.25) is 0 Å². The smallest absolute Gasteiger partial charge is 0.416 e. The van der Waals surface area contributed by atoms with Crippen molar-refractivity contribution < 1.29 is 19.1 Å². The summed E-state index contributed by atoms with van der Waals surface area (Å²) >= 11 is 0. The van der Waals surface area contributed by atoms with E-state index in [1.165, 1.54) is 0 Å². The fourth-order valence-corrected chi connectivity index (χ4v) is 5.29. The normalized spacial score (nSPS) is 27.4. The number of rotatable bonds is 0. The molecule has 2 heterocycles. The molecule has 1 aromatic rings. The molecular formula is C24H32N2O4. The van der Waals surface area contributed by atoms with Crippen LogP contribution < -0.4 is 4.90 Å². The number of anilines is 1. The Morgan fingerprint density at radius 3 is 2.23 bits per heavy atom. The fourth-order valence-electron chi connectivity index (χ4n) is 5.29. The molecule has 2 atom stereocenters. The van der Waals surface area contributed by atoms with Crippen LogP contribution in [0.1, 0.15) is 66.4 Å². The molecule has 6 heteroatoms. The van der Waals surface area contributed by atoms with Gasteiger partial charge in [0.25, 0.3) is 0 Å². The van der Waals surface area contributed by atoms with Gasteiger partial charge >= 0.3 is 12.2 Å². The largest absolute Gasteiger partial charge is 0.444 e. The SMILES string of the molecule is CC(C)(C)OC(=O)N1CC[C@]23C=CCC[C@]12N(C(=O)OC(C)(C)C)c1ccccc13. The van der Waals surface area contributed by atoms with Crippen LogP contribution >= 0.6 is 0 Å². The third kappa shape index (κ3) is 2.91. The van der Waals surface area contributed by atoms with Gasteiger partial charge in [-0.2, -0.15) is 0 Å². The second kappa shape index (κ2) is 6.50. The molecular weight excluding hydrogens is 380 g/mol. The van der Waals surface area contributed by atoms with E-state index in [-0.39, 0.29) is 6.09 Å². The molecule has 0 spiro atoms. The number of allylic oxidation sites excluding steroid dienone is 1. The molecule has 1 fully saturated rings. The number of fused-ring (bicyclic) bond motifs is 1. The number of amides is 2. The molecule has 162 valence electrons. The number of para-hydroxylation sites is 1. The molecule has 1 aliphatic carbocycles. The number of likely N-dealkylation sites (tertiary alicyclic amines) is 1. The van der Waals surface area contributed by atoms with Crippen LogP contribution in [0.3, 0.4) is 0 Å². The first-order valence-corrected chi connectivity index (χ1v) is 10.7. The monoisotopic (exact) mass is 412 g/mol. The van der Waals surface area contributed by atoms with E-state index in [9.17, 15) is 9.59 Å². The first-order chi connectivity index (χ1) is 13.9. The van der Waals surface area contributed by atoms with Crippen LogP contribution in [0.2, 0.25) is 0 Å². The molecule has 4 rings (SSSR count). The van der Waals surface area contributed by atoms with Gasteiger partial charge in [0.05, 0.1) is 11.1 Å². The number of benzene rings is 1. The fraction of sp³-hybridized carbons (Fsp3) is 0.583. The molecule has 1 aromatic carbocycles. The molecule has 3 aliphatic rings. The zero-order valence-electron chi connectivity index (χ0n) is 18.8. The van der Waals surface area contributed by atoms with Gasteiger partial charge in [-0.05, 0) is 72.4 Å². The summed E-state index contributed by atoms with van der Waals surface area (Å²) in [5.41, 5.74) is -0.713. The van der Waals surface area contributed by atoms with Crippen molar-refractivity contribution in [1.82, 2.24) is 4.90 Å². The molecule has 0 radical (unpaired) electrons. The van der Waals surface area contributed by atoms with Crippen molar-refractivity contribution in [1.29, 1.82) is 0 Å². The summed E-state index contributed by atoms with van der Waals surface area (Å²) < 4.78 is 11.6. The van der Waals surface area contributed by atoms with Crippen LogP contribution in [0.15, 0.2) is 36.4 Å². The average molecular weight is 413 g/mol. The third-order valence-corrected chi connectivity index (χ3v) is 6.14. The van der Waals surface area contributed by atoms with Crippen molar-refractivity contribution in [2.45, 2.75) is 83.1 Å². The minimum absolute atomic E-state index is 0.388. The predicted octanol–water partition coefficient (Wildman–Crippen LogP) is 5.37. The Morgan fingerprint density at radius 1 is 0.933 bits per heavy atom. The van der Waals surface area contributed by atoms with E-state index in [4.69, 9.17) is 9.47 Å². The van der Waals surface area contributed by atoms with Crippen LogP contribution in [0, 0.1) is 0 Å². The zero-order valence-corrected chi connectivity index (χ0v) is 18.8. The van der Waals surface area contributed by atoms with E-state index < -0.39 is 28.4 Å². The van der Waals surface area contributed by atoms with Crippen LogP contribution in [0.4, 0.5) is 15.3 Å². The highest BCUT2D eigenvalue weighted by molar-refractivity contribution is 5.96. The Labute approximate surface area is 178 Å². The lowest BCUT2D eigenvalue weighted by Crippen LogP contribution is -2.67. The topological polar surface area (TPSA) is 59.1 Å². The van der Waals surface area contributed by atoms with E-state index in [2.05, 4.69) is 18.2 Å². The van der Waals surface area contributed by atoms with Gasteiger partial charge in [0.1, 0.15) is 16.9 Å². The zero-order chi connectivity index (χ0) is 21.9. The van der Waals surface area contributed by atoms with E-state index in [0.29, 0.717) is 13.0 Å². The number of carbonyl (C=O) groups is 2. The molecule has 1 saturated heterocycles. The predicted molar refractivity (Wildman–Crippen MR) is 115 cm³/mol. The lowest BCUT2D eigenvalue weighted by molar-refractivity contribution is -0.00388. The van der Waals surface area contributed by atoms with E-state index in [1.807, 2.05) is 59.7 Å². The van der Waals surface area contributed by atoms with Crippen molar-refractivity contribution in [3.63, 3.8) is 0 Å². The second-order valence-corrected chi connectivity index (χ2v) is 10.4. The summed E-state index contributed by atoms with van der Waals surface area (Å²) in [7, 11) is 0. The van der Waals surface area contributed by atoms with Crippen LogP contribution in [0.5, 0.6) is 0 Å². The molecule has 6 nitrogen and oxygen atoms in total. The van der Waals surface area contributed by atoms with E-state index in [0.717, 1.165) is 24.1 Å². The number of carbonyl (C=O) groups excluding carboxylic acids is 2. The van der Waals surface area contributed by atoms with E-state index >= 15 is 0 Å². The summed E-state index contributed by atoms with van der Waals surface area (Å²) in [6.45, 7) is 11.7. The van der Waals surface area contributed by atoms with Gasteiger partial charge in [0.15, 0.2) is 0 Å². The Bertz CT molecular complexity index is 911. The standard InChI is InChI=1S/C24H32N2O4/c1-21(2,3)29-19(27)25-16-15-23-13-9-10-14-24(23,25)26(20(28)30-22(4,5)6)18-12-8-7-11-17(18)23/h7-9,11-13H,10,14-16H2,1-6H3/t23-,24+/m0/s1. The number of hydrogen-bond acceptors (Lipinski definition) is 4. The van der Waals surface area contributed by atoms with Crippen molar-refractivity contribution in [3.8, 4) is 0 Å². The summed E-state index contributed by atoms with van der Waals surface area (Å²) in [6.07, 6.45) is 5.70. The van der Waals surface area contributed by atoms with Gasteiger partial charge in [0, 0.05) is 6.54 Å². The lowest BCUT2D eigenvalue weighted by atomic mass is 9.68. The molecule has 0 N–H and O–H groups in total. The Hall–Kier alpha value is -2.50. The molecule has 0 bridgehead atoms. The van der Waals surface area contributed by atoms with Crippen LogP contribution in [-0.2, 0) is 14.9 Å². The number of ether oxygens (including phenoxy) is 2.